The van der Waals surface area contributed by atoms with Gasteiger partial charge in [-0.15, -0.1) is 0 Å². The molecule has 22 heavy (non-hydrogen) atoms. The second-order valence-electron chi connectivity index (χ2n) is 5.12. The number of carbonyl (C=O) groups is 4. The Bertz CT molecular complexity index is 745. The van der Waals surface area contributed by atoms with E-state index in [-0.39, 0.29) is 0 Å². The molecule has 1 aromatic carbocycles. The Morgan fingerprint density at radius 1 is 0.636 bits per heavy atom. The SMILES string of the molecule is Cc1cc(N2C(=O)C=CC2=O)cc(C)c1N1C(=O)C=CC1=O. The number of imide groups is 2. The highest BCUT2D eigenvalue weighted by Crippen LogP contribution is 2.32. The van der Waals surface area contributed by atoms with Crippen molar-refractivity contribution in [1.82, 2.24) is 0 Å². The van der Waals surface area contributed by atoms with Gasteiger partial charge in [0.1, 0.15) is 0 Å². The molecule has 0 fully saturated rings. The lowest BCUT2D eigenvalue weighted by Gasteiger charge is -2.22. The van der Waals surface area contributed by atoms with Gasteiger partial charge in [-0.3, -0.25) is 19.2 Å². The number of aryl methyl sites for hydroxylation is 2. The zero-order chi connectivity index (χ0) is 16.0. The Morgan fingerprint density at radius 2 is 1.00 bits per heavy atom. The number of anilines is 2. The van der Waals surface area contributed by atoms with E-state index in [2.05, 4.69) is 0 Å². The van der Waals surface area contributed by atoms with E-state index in [0.29, 0.717) is 22.5 Å². The van der Waals surface area contributed by atoms with Gasteiger partial charge in [0.2, 0.25) is 0 Å². The maximum atomic E-state index is 11.8. The smallest absolute Gasteiger partial charge is 0.258 e. The van der Waals surface area contributed by atoms with E-state index >= 15 is 0 Å². The molecule has 0 atom stereocenters. The molecule has 2 heterocycles. The molecule has 0 radical (unpaired) electrons. The zero-order valence-electron chi connectivity index (χ0n) is 12.0. The van der Waals surface area contributed by atoms with Gasteiger partial charge < -0.3 is 0 Å². The minimum atomic E-state index is -0.411. The highest BCUT2D eigenvalue weighted by Gasteiger charge is 2.30. The van der Waals surface area contributed by atoms with E-state index in [1.54, 1.807) is 26.0 Å². The van der Waals surface area contributed by atoms with Crippen LogP contribution in [0.4, 0.5) is 11.4 Å². The molecule has 2 aliphatic rings. The maximum Gasteiger partial charge on any atom is 0.258 e. The van der Waals surface area contributed by atoms with Crippen molar-refractivity contribution in [3.63, 3.8) is 0 Å². The number of hydrogen-bond acceptors (Lipinski definition) is 4. The highest BCUT2D eigenvalue weighted by atomic mass is 16.2. The van der Waals surface area contributed by atoms with Crippen LogP contribution >= 0.6 is 0 Å². The Hall–Kier alpha value is -3.02. The second-order valence-corrected chi connectivity index (χ2v) is 5.12. The third-order valence-corrected chi connectivity index (χ3v) is 3.58. The van der Waals surface area contributed by atoms with Crippen LogP contribution in [-0.2, 0) is 19.2 Å². The molecule has 2 aliphatic heterocycles. The van der Waals surface area contributed by atoms with Crippen LogP contribution in [0.15, 0.2) is 36.4 Å². The van der Waals surface area contributed by atoms with Crippen LogP contribution in [0, 0.1) is 13.8 Å². The molecule has 0 saturated carbocycles. The molecule has 0 aliphatic carbocycles. The van der Waals surface area contributed by atoms with Crippen LogP contribution in [0.3, 0.4) is 0 Å². The van der Waals surface area contributed by atoms with Gasteiger partial charge in [0.05, 0.1) is 11.4 Å². The molecule has 0 unspecified atom stereocenters. The molecule has 0 saturated heterocycles. The number of nitrogens with zero attached hydrogens (tertiary/aromatic N) is 2. The first kappa shape index (κ1) is 13.9. The Morgan fingerprint density at radius 3 is 1.41 bits per heavy atom. The lowest BCUT2D eigenvalue weighted by molar-refractivity contribution is -0.121. The molecule has 0 bridgehead atoms. The van der Waals surface area contributed by atoms with Gasteiger partial charge in [-0.05, 0) is 37.1 Å². The molecule has 0 N–H and O–H groups in total. The molecular formula is C16H12N2O4. The summed E-state index contributed by atoms with van der Waals surface area (Å²) in [6, 6.07) is 3.23. The lowest BCUT2D eigenvalue weighted by atomic mass is 10.1. The predicted molar refractivity (Wildman–Crippen MR) is 79.2 cm³/mol. The number of hydrogen-bond donors (Lipinski definition) is 0. The van der Waals surface area contributed by atoms with Gasteiger partial charge in [-0.2, -0.15) is 0 Å². The summed E-state index contributed by atoms with van der Waals surface area (Å²) in [5, 5.41) is 0. The Balaban J connectivity index is 2.06. The minimum absolute atomic E-state index is 0.404. The third kappa shape index (κ3) is 1.96. The van der Waals surface area contributed by atoms with Gasteiger partial charge >= 0.3 is 0 Å². The van der Waals surface area contributed by atoms with Crippen LogP contribution < -0.4 is 9.80 Å². The van der Waals surface area contributed by atoms with Crippen LogP contribution in [0.25, 0.3) is 0 Å². The number of rotatable bonds is 2. The maximum absolute atomic E-state index is 11.8. The average molecular weight is 296 g/mol. The largest absolute Gasteiger partial charge is 0.269 e. The lowest BCUT2D eigenvalue weighted by Crippen LogP contribution is -2.32. The molecule has 6 heteroatoms. The monoisotopic (exact) mass is 296 g/mol. The van der Waals surface area contributed by atoms with Gasteiger partial charge in [-0.1, -0.05) is 0 Å². The van der Waals surface area contributed by atoms with Crippen LogP contribution in [0.1, 0.15) is 11.1 Å². The van der Waals surface area contributed by atoms with E-state index < -0.39 is 23.6 Å². The van der Waals surface area contributed by atoms with E-state index in [4.69, 9.17) is 0 Å². The van der Waals surface area contributed by atoms with Gasteiger partial charge in [-0.25, -0.2) is 9.80 Å². The molecule has 110 valence electrons. The summed E-state index contributed by atoms with van der Waals surface area (Å²) in [5.41, 5.74) is 2.17. The fourth-order valence-corrected chi connectivity index (χ4v) is 2.69. The number of amides is 4. The van der Waals surface area contributed by atoms with Crippen molar-refractivity contribution < 1.29 is 19.2 Å². The molecular weight excluding hydrogens is 284 g/mol. The highest BCUT2D eigenvalue weighted by molar-refractivity contribution is 6.30. The quantitative estimate of drug-likeness (QED) is 0.768. The number of carbonyl (C=O) groups excluding carboxylic acids is 4. The summed E-state index contributed by atoms with van der Waals surface area (Å²) in [4.78, 5) is 49.3. The van der Waals surface area contributed by atoms with Gasteiger partial charge in [0.25, 0.3) is 23.6 Å². The summed E-state index contributed by atoms with van der Waals surface area (Å²) < 4.78 is 0. The second kappa shape index (κ2) is 4.77. The van der Waals surface area contributed by atoms with Crippen LogP contribution in [0.2, 0.25) is 0 Å². The molecule has 3 rings (SSSR count). The van der Waals surface area contributed by atoms with E-state index in [0.717, 1.165) is 9.80 Å². The van der Waals surface area contributed by atoms with Crippen molar-refractivity contribution in [2.24, 2.45) is 0 Å². The van der Waals surface area contributed by atoms with Crippen LogP contribution in [-0.4, -0.2) is 23.6 Å². The zero-order valence-corrected chi connectivity index (χ0v) is 12.0. The molecule has 0 spiro atoms. The first-order valence-electron chi connectivity index (χ1n) is 6.63. The summed E-state index contributed by atoms with van der Waals surface area (Å²) in [5.74, 6) is -1.63. The van der Waals surface area contributed by atoms with Crippen molar-refractivity contribution in [2.75, 3.05) is 9.80 Å². The fourth-order valence-electron chi connectivity index (χ4n) is 2.69. The van der Waals surface area contributed by atoms with Crippen molar-refractivity contribution >= 4 is 35.0 Å². The predicted octanol–water partition coefficient (Wildman–Crippen LogP) is 1.16. The summed E-state index contributed by atoms with van der Waals surface area (Å²) in [6.07, 6.45) is 4.84. The fraction of sp³-hybridized carbons (Fsp3) is 0.125. The van der Waals surface area contributed by atoms with Crippen molar-refractivity contribution in [2.45, 2.75) is 13.8 Å². The van der Waals surface area contributed by atoms with Gasteiger partial charge in [0, 0.05) is 24.3 Å². The molecule has 6 nitrogen and oxygen atoms in total. The van der Waals surface area contributed by atoms with E-state index in [1.807, 2.05) is 0 Å². The molecule has 1 aromatic rings. The third-order valence-electron chi connectivity index (χ3n) is 3.58. The van der Waals surface area contributed by atoms with Crippen molar-refractivity contribution in [1.29, 1.82) is 0 Å². The normalized spacial score (nSPS) is 17.4. The molecule has 4 amide bonds. The topological polar surface area (TPSA) is 74.8 Å². The van der Waals surface area contributed by atoms with Crippen molar-refractivity contribution in [3.8, 4) is 0 Å². The van der Waals surface area contributed by atoms with Gasteiger partial charge in [0.15, 0.2) is 0 Å². The molecule has 0 aromatic heterocycles. The van der Waals surface area contributed by atoms with E-state index in [1.165, 1.54) is 24.3 Å². The average Bonchev–Trinajstić information content (AvgIpc) is 2.94. The van der Waals surface area contributed by atoms with Crippen molar-refractivity contribution in [3.05, 3.63) is 47.6 Å². The van der Waals surface area contributed by atoms with E-state index in [9.17, 15) is 19.2 Å². The first-order valence-corrected chi connectivity index (χ1v) is 6.63. The summed E-state index contributed by atoms with van der Waals surface area (Å²) in [6.45, 7) is 3.45. The summed E-state index contributed by atoms with van der Waals surface area (Å²) in [7, 11) is 0. The van der Waals surface area contributed by atoms with Crippen LogP contribution in [0.5, 0.6) is 0 Å². The summed E-state index contributed by atoms with van der Waals surface area (Å²) >= 11 is 0. The minimum Gasteiger partial charge on any atom is -0.269 e. The Labute approximate surface area is 126 Å². The number of benzene rings is 1. The first-order chi connectivity index (χ1) is 10.4. The standard InChI is InChI=1S/C16H12N2O4/c1-9-7-11(17-12(19)3-4-13(17)20)8-10(2)16(9)18-14(21)5-6-15(18)22/h3-8H,1-2H3. The Kier molecular flexibility index (Phi) is 3.02.